The van der Waals surface area contributed by atoms with Crippen LogP contribution in [0.5, 0.6) is 11.5 Å². The average molecular weight is 654 g/mol. The molecule has 8 aromatic rings. The predicted octanol–water partition coefficient (Wildman–Crippen LogP) is 13.7. The fourth-order valence-corrected chi connectivity index (χ4v) is 8.35. The molecule has 1 heterocycles. The van der Waals surface area contributed by atoms with Crippen LogP contribution in [0.3, 0.4) is 0 Å². The molecule has 1 aliphatic carbocycles. The highest BCUT2D eigenvalue weighted by molar-refractivity contribution is 6.02. The summed E-state index contributed by atoms with van der Waals surface area (Å²) >= 11 is 0. The number of benzene rings is 8. The molecule has 0 aromatic heterocycles. The highest BCUT2D eigenvalue weighted by Crippen LogP contribution is 2.54. The van der Waals surface area contributed by atoms with E-state index in [0.717, 1.165) is 45.1 Å². The van der Waals surface area contributed by atoms with Crippen molar-refractivity contribution in [2.75, 3.05) is 4.90 Å². The molecule has 0 saturated carbocycles. The molecule has 2 aliphatic rings. The van der Waals surface area contributed by atoms with E-state index in [2.05, 4.69) is 195 Å². The Morgan fingerprint density at radius 2 is 0.980 bits per heavy atom. The van der Waals surface area contributed by atoms with Gasteiger partial charge in [0.15, 0.2) is 0 Å². The van der Waals surface area contributed by atoms with Gasteiger partial charge in [-0.05, 0) is 98.2 Å². The first kappa shape index (κ1) is 29.5. The van der Waals surface area contributed by atoms with E-state index in [4.69, 9.17) is 4.74 Å². The van der Waals surface area contributed by atoms with Crippen LogP contribution in [0.2, 0.25) is 0 Å². The Hall–Kier alpha value is -6.38. The van der Waals surface area contributed by atoms with E-state index < -0.39 is 0 Å². The average Bonchev–Trinajstić information content (AvgIpc) is 3.31. The van der Waals surface area contributed by atoms with Gasteiger partial charge in [0.1, 0.15) is 11.5 Å². The largest absolute Gasteiger partial charge is 0.456 e. The van der Waals surface area contributed by atoms with Crippen molar-refractivity contribution in [1.82, 2.24) is 0 Å². The Balaban J connectivity index is 1.20. The molecule has 2 nitrogen and oxygen atoms in total. The maximum atomic E-state index is 7.07. The molecule has 0 N–H and O–H groups in total. The van der Waals surface area contributed by atoms with Gasteiger partial charge in [0, 0.05) is 45.2 Å². The fraction of sp³-hybridized carbons (Fsp3) is 0.0612. The van der Waals surface area contributed by atoms with Gasteiger partial charge >= 0.3 is 0 Å². The summed E-state index contributed by atoms with van der Waals surface area (Å²) in [5, 5.41) is 2.35. The van der Waals surface area contributed by atoms with Gasteiger partial charge in [-0.2, -0.15) is 0 Å². The molecule has 0 bridgehead atoms. The number of hydrogen-bond donors (Lipinski definition) is 0. The third kappa shape index (κ3) is 4.64. The van der Waals surface area contributed by atoms with Crippen LogP contribution < -0.4 is 9.64 Å². The number of fused-ring (bicyclic) bond motifs is 9. The molecule has 242 valence electrons. The van der Waals surface area contributed by atoms with Gasteiger partial charge in [-0.3, -0.25) is 0 Å². The minimum absolute atomic E-state index is 0.106. The summed E-state index contributed by atoms with van der Waals surface area (Å²) in [5.41, 5.74) is 15.4. The first-order valence-corrected chi connectivity index (χ1v) is 17.7. The maximum absolute atomic E-state index is 7.07. The van der Waals surface area contributed by atoms with Gasteiger partial charge in [-0.15, -0.1) is 0 Å². The lowest BCUT2D eigenvalue weighted by Crippen LogP contribution is -2.16. The van der Waals surface area contributed by atoms with Crippen molar-refractivity contribution in [3.8, 4) is 56.0 Å². The van der Waals surface area contributed by atoms with Crippen molar-refractivity contribution in [1.29, 1.82) is 0 Å². The van der Waals surface area contributed by atoms with Crippen molar-refractivity contribution < 1.29 is 4.74 Å². The van der Waals surface area contributed by atoms with E-state index in [9.17, 15) is 0 Å². The summed E-state index contributed by atoms with van der Waals surface area (Å²) < 4.78 is 7.07. The number of hydrogen-bond acceptors (Lipinski definition) is 2. The SMILES string of the molecule is CC1(C)c2ccccc2-c2ccc(N(c3ccccc3)c3ccc4c(c3)Oc3cc5ccccc5cc3-c3cccc(-c5ccccc5)c3-4)cc21. The standard InChI is InChI=1S/C49H35NO/c1-49(2)44-23-12-11-20-39(44)40-26-24-36(30-45(40)49)50(35-18-7-4-8-19-35)37-25-27-42-47(31-37)51-46-29-34-17-10-9-16-33(34)28-43(46)41-22-13-21-38(48(41)42)32-14-5-3-6-15-32/h3-31H,1-2H3. The van der Waals surface area contributed by atoms with E-state index in [1.807, 2.05) is 0 Å². The lowest BCUT2D eigenvalue weighted by Gasteiger charge is -2.28. The fourth-order valence-electron chi connectivity index (χ4n) is 8.35. The number of para-hydroxylation sites is 1. The zero-order valence-corrected chi connectivity index (χ0v) is 28.6. The molecular formula is C49H35NO. The molecule has 51 heavy (non-hydrogen) atoms. The minimum Gasteiger partial charge on any atom is -0.456 e. The van der Waals surface area contributed by atoms with E-state index in [-0.39, 0.29) is 5.41 Å². The zero-order chi connectivity index (χ0) is 34.1. The number of ether oxygens (including phenoxy) is 1. The van der Waals surface area contributed by atoms with Crippen LogP contribution in [-0.4, -0.2) is 0 Å². The summed E-state index contributed by atoms with van der Waals surface area (Å²) in [6.45, 7) is 4.68. The molecule has 0 atom stereocenters. The molecule has 0 unspecified atom stereocenters. The molecule has 0 saturated heterocycles. The summed E-state index contributed by atoms with van der Waals surface area (Å²) in [6, 6.07) is 63.5. The lowest BCUT2D eigenvalue weighted by molar-refractivity contribution is 0.488. The third-order valence-electron chi connectivity index (χ3n) is 10.8. The number of anilines is 3. The van der Waals surface area contributed by atoms with Crippen molar-refractivity contribution in [2.45, 2.75) is 19.3 Å². The first-order chi connectivity index (χ1) is 25.0. The Morgan fingerprint density at radius 3 is 1.78 bits per heavy atom. The molecule has 10 rings (SSSR count). The normalized spacial score (nSPS) is 13.2. The molecule has 0 fully saturated rings. The molecule has 0 spiro atoms. The molecule has 2 heteroatoms. The molecule has 0 radical (unpaired) electrons. The maximum Gasteiger partial charge on any atom is 0.137 e. The van der Waals surface area contributed by atoms with Gasteiger partial charge in [0.25, 0.3) is 0 Å². The Kier molecular flexibility index (Phi) is 6.56. The lowest BCUT2D eigenvalue weighted by atomic mass is 9.82. The summed E-state index contributed by atoms with van der Waals surface area (Å²) in [7, 11) is 0. The quantitative estimate of drug-likeness (QED) is 0.187. The first-order valence-electron chi connectivity index (χ1n) is 17.7. The Morgan fingerprint density at radius 1 is 0.392 bits per heavy atom. The zero-order valence-electron chi connectivity index (χ0n) is 28.6. The molecular weight excluding hydrogens is 619 g/mol. The summed E-state index contributed by atoms with van der Waals surface area (Å²) in [5.74, 6) is 1.69. The van der Waals surface area contributed by atoms with Gasteiger partial charge < -0.3 is 9.64 Å². The molecule has 1 aliphatic heterocycles. The second kappa shape index (κ2) is 11.3. The van der Waals surface area contributed by atoms with E-state index in [1.54, 1.807) is 0 Å². The van der Waals surface area contributed by atoms with Crippen LogP contribution in [0.15, 0.2) is 176 Å². The van der Waals surface area contributed by atoms with Gasteiger partial charge in [0.2, 0.25) is 0 Å². The van der Waals surface area contributed by atoms with Crippen molar-refractivity contribution in [3.63, 3.8) is 0 Å². The van der Waals surface area contributed by atoms with E-state index >= 15 is 0 Å². The van der Waals surface area contributed by atoms with Crippen LogP contribution >= 0.6 is 0 Å². The molecule has 8 aromatic carbocycles. The topological polar surface area (TPSA) is 12.5 Å². The van der Waals surface area contributed by atoms with Crippen molar-refractivity contribution in [2.24, 2.45) is 0 Å². The van der Waals surface area contributed by atoms with Crippen LogP contribution in [0.1, 0.15) is 25.0 Å². The van der Waals surface area contributed by atoms with E-state index in [1.165, 1.54) is 49.9 Å². The van der Waals surface area contributed by atoms with Crippen molar-refractivity contribution >= 4 is 27.8 Å². The summed E-state index contributed by atoms with van der Waals surface area (Å²) in [6.07, 6.45) is 0. The highest BCUT2D eigenvalue weighted by atomic mass is 16.5. The van der Waals surface area contributed by atoms with Crippen LogP contribution in [0.25, 0.3) is 55.3 Å². The van der Waals surface area contributed by atoms with Gasteiger partial charge in [-0.25, -0.2) is 0 Å². The predicted molar refractivity (Wildman–Crippen MR) is 213 cm³/mol. The number of rotatable bonds is 4. The minimum atomic E-state index is -0.106. The second-order valence-corrected chi connectivity index (χ2v) is 14.1. The Bertz CT molecular complexity index is 2640. The monoisotopic (exact) mass is 653 g/mol. The Labute approximate surface area is 298 Å². The second-order valence-electron chi connectivity index (χ2n) is 14.1. The summed E-state index contributed by atoms with van der Waals surface area (Å²) in [4.78, 5) is 2.36. The number of nitrogens with zero attached hydrogens (tertiary/aromatic N) is 1. The smallest absolute Gasteiger partial charge is 0.137 e. The van der Waals surface area contributed by atoms with Crippen LogP contribution in [0, 0.1) is 0 Å². The van der Waals surface area contributed by atoms with Crippen molar-refractivity contribution in [3.05, 3.63) is 187 Å². The van der Waals surface area contributed by atoms with Gasteiger partial charge in [-0.1, -0.05) is 135 Å². The highest BCUT2D eigenvalue weighted by Gasteiger charge is 2.36. The van der Waals surface area contributed by atoms with Gasteiger partial charge in [0.05, 0.1) is 0 Å². The van der Waals surface area contributed by atoms with Crippen LogP contribution in [0.4, 0.5) is 17.1 Å². The van der Waals surface area contributed by atoms with E-state index in [0.29, 0.717) is 0 Å². The van der Waals surface area contributed by atoms with Crippen LogP contribution in [-0.2, 0) is 5.41 Å². The molecule has 0 amide bonds. The third-order valence-corrected chi connectivity index (χ3v) is 10.8.